The van der Waals surface area contributed by atoms with Gasteiger partial charge in [-0.2, -0.15) is 5.10 Å². The maximum Gasteiger partial charge on any atom is 0.0370 e. The minimum absolute atomic E-state index is 0.491. The summed E-state index contributed by atoms with van der Waals surface area (Å²) >= 11 is 0. The van der Waals surface area contributed by atoms with Gasteiger partial charge in [-0.3, -0.25) is 0 Å². The molecular weight excluding hydrogens is 88.1 g/mol. The van der Waals surface area contributed by atoms with Crippen molar-refractivity contribution in [2.24, 2.45) is 16.9 Å². The van der Waals surface area contributed by atoms with Crippen molar-refractivity contribution in [3.63, 3.8) is 0 Å². The van der Waals surface area contributed by atoms with Crippen molar-refractivity contribution in [3.8, 4) is 0 Å². The van der Waals surface area contributed by atoms with Crippen LogP contribution in [0.15, 0.2) is 5.10 Å². The molecule has 0 heterocycles. The Hall–Kier alpha value is -0.530. The van der Waals surface area contributed by atoms with Crippen molar-refractivity contribution < 1.29 is 0 Å². The molecule has 0 aromatic carbocycles. The van der Waals surface area contributed by atoms with Crippen molar-refractivity contribution >= 4 is 5.71 Å². The standard InChI is InChI=1S/C5H12N2/c1-4(2)5(3)7-6/h4H,6H2,1-3H3/b7-5-. The summed E-state index contributed by atoms with van der Waals surface area (Å²) in [7, 11) is 0. The second-order valence-electron chi connectivity index (χ2n) is 1.93. The second kappa shape index (κ2) is 2.61. The molecule has 0 unspecified atom stereocenters. The van der Waals surface area contributed by atoms with Gasteiger partial charge in [-0.15, -0.1) is 0 Å². The number of hydrazone groups is 1. The Morgan fingerprint density at radius 3 is 2.00 bits per heavy atom. The third-order valence-electron chi connectivity index (χ3n) is 1.04. The van der Waals surface area contributed by atoms with Gasteiger partial charge in [0.1, 0.15) is 0 Å². The summed E-state index contributed by atoms with van der Waals surface area (Å²) in [5.41, 5.74) is 1.00. The summed E-state index contributed by atoms with van der Waals surface area (Å²) in [5.74, 6) is 5.45. The fourth-order valence-electron chi connectivity index (χ4n) is 0.149. The van der Waals surface area contributed by atoms with Crippen LogP contribution in [0.3, 0.4) is 0 Å². The third kappa shape index (κ3) is 2.20. The molecule has 0 aromatic heterocycles. The first kappa shape index (κ1) is 6.47. The first-order valence-corrected chi connectivity index (χ1v) is 2.43. The highest BCUT2D eigenvalue weighted by Crippen LogP contribution is 1.92. The van der Waals surface area contributed by atoms with Gasteiger partial charge in [0.15, 0.2) is 0 Å². The first-order chi connectivity index (χ1) is 3.18. The van der Waals surface area contributed by atoms with Gasteiger partial charge in [0.25, 0.3) is 0 Å². The van der Waals surface area contributed by atoms with E-state index >= 15 is 0 Å². The molecule has 0 radical (unpaired) electrons. The molecule has 0 rings (SSSR count). The zero-order valence-corrected chi connectivity index (χ0v) is 5.10. The normalized spacial score (nSPS) is 12.9. The molecule has 7 heavy (non-hydrogen) atoms. The molecule has 0 fully saturated rings. The van der Waals surface area contributed by atoms with E-state index in [0.717, 1.165) is 5.71 Å². The van der Waals surface area contributed by atoms with E-state index in [9.17, 15) is 0 Å². The Balaban J connectivity index is 3.56. The van der Waals surface area contributed by atoms with Gasteiger partial charge in [0.2, 0.25) is 0 Å². The Bertz CT molecular complexity index is 74.1. The number of nitrogens with two attached hydrogens (primary N) is 1. The summed E-state index contributed by atoms with van der Waals surface area (Å²) in [6, 6.07) is 0. The third-order valence-corrected chi connectivity index (χ3v) is 1.04. The summed E-state index contributed by atoms with van der Waals surface area (Å²) in [4.78, 5) is 0. The smallest absolute Gasteiger partial charge is 0.0370 e. The zero-order chi connectivity index (χ0) is 5.86. The van der Waals surface area contributed by atoms with E-state index in [-0.39, 0.29) is 0 Å². The van der Waals surface area contributed by atoms with Gasteiger partial charge in [-0.25, -0.2) is 0 Å². The Morgan fingerprint density at radius 2 is 2.00 bits per heavy atom. The van der Waals surface area contributed by atoms with Gasteiger partial charge >= 0.3 is 0 Å². The van der Waals surface area contributed by atoms with Crippen molar-refractivity contribution in [3.05, 3.63) is 0 Å². The summed E-state index contributed by atoms with van der Waals surface area (Å²) < 4.78 is 0. The quantitative estimate of drug-likeness (QED) is 0.298. The molecular formula is C5H12N2. The summed E-state index contributed by atoms with van der Waals surface area (Å²) in [5, 5.41) is 3.50. The van der Waals surface area contributed by atoms with Gasteiger partial charge in [-0.1, -0.05) is 13.8 Å². The molecule has 2 nitrogen and oxygen atoms in total. The van der Waals surface area contributed by atoms with Crippen LogP contribution in [0.2, 0.25) is 0 Å². The summed E-state index contributed by atoms with van der Waals surface area (Å²) in [6.07, 6.45) is 0. The number of hydrogen-bond donors (Lipinski definition) is 1. The van der Waals surface area contributed by atoms with E-state index in [0.29, 0.717) is 5.92 Å². The van der Waals surface area contributed by atoms with E-state index in [1.165, 1.54) is 0 Å². The van der Waals surface area contributed by atoms with E-state index in [1.807, 2.05) is 6.92 Å². The van der Waals surface area contributed by atoms with Crippen molar-refractivity contribution in [1.29, 1.82) is 0 Å². The average molecular weight is 100 g/mol. The molecule has 0 saturated heterocycles. The van der Waals surface area contributed by atoms with Gasteiger partial charge in [0, 0.05) is 5.71 Å². The van der Waals surface area contributed by atoms with Crippen molar-refractivity contribution in [1.82, 2.24) is 0 Å². The van der Waals surface area contributed by atoms with E-state index in [1.54, 1.807) is 0 Å². The molecule has 2 heteroatoms. The van der Waals surface area contributed by atoms with Crippen LogP contribution in [0.4, 0.5) is 0 Å². The zero-order valence-electron chi connectivity index (χ0n) is 5.10. The first-order valence-electron chi connectivity index (χ1n) is 2.43. The number of hydrogen-bond acceptors (Lipinski definition) is 2. The maximum absolute atomic E-state index is 4.96. The van der Waals surface area contributed by atoms with E-state index in [4.69, 9.17) is 5.84 Å². The molecule has 0 saturated carbocycles. The fourth-order valence-corrected chi connectivity index (χ4v) is 0.149. The monoisotopic (exact) mass is 100 g/mol. The Kier molecular flexibility index (Phi) is 2.41. The SMILES string of the molecule is C/C(=N/N)C(C)C. The molecule has 42 valence electrons. The molecule has 0 amide bonds. The van der Waals surface area contributed by atoms with Crippen LogP contribution in [-0.4, -0.2) is 5.71 Å². The highest BCUT2D eigenvalue weighted by molar-refractivity contribution is 5.83. The highest BCUT2D eigenvalue weighted by Gasteiger charge is 1.93. The Labute approximate surface area is 44.4 Å². The molecule has 0 aliphatic rings. The molecule has 0 atom stereocenters. The topological polar surface area (TPSA) is 38.4 Å². The van der Waals surface area contributed by atoms with E-state index in [2.05, 4.69) is 18.9 Å². The maximum atomic E-state index is 4.96. The number of nitrogens with zero attached hydrogens (tertiary/aromatic N) is 1. The lowest BCUT2D eigenvalue weighted by Gasteiger charge is -1.98. The van der Waals surface area contributed by atoms with E-state index < -0.39 is 0 Å². The minimum Gasteiger partial charge on any atom is -0.323 e. The molecule has 0 bridgehead atoms. The van der Waals surface area contributed by atoms with Gasteiger partial charge in [-0.05, 0) is 12.8 Å². The summed E-state index contributed by atoms with van der Waals surface area (Å²) in [6.45, 7) is 6.04. The van der Waals surface area contributed by atoms with Crippen LogP contribution in [0.1, 0.15) is 20.8 Å². The fraction of sp³-hybridized carbons (Fsp3) is 0.800. The molecule has 0 aliphatic heterocycles. The molecule has 0 aliphatic carbocycles. The van der Waals surface area contributed by atoms with Crippen LogP contribution in [0.5, 0.6) is 0 Å². The van der Waals surface area contributed by atoms with Gasteiger partial charge < -0.3 is 5.84 Å². The number of rotatable bonds is 1. The highest BCUT2D eigenvalue weighted by atomic mass is 15.1. The van der Waals surface area contributed by atoms with Crippen LogP contribution in [-0.2, 0) is 0 Å². The average Bonchev–Trinajstić information content (AvgIpc) is 1.65. The lowest BCUT2D eigenvalue weighted by molar-refractivity contribution is 0.869. The van der Waals surface area contributed by atoms with Crippen LogP contribution in [0, 0.1) is 5.92 Å². The molecule has 0 spiro atoms. The molecule has 2 N–H and O–H groups in total. The predicted molar refractivity (Wildman–Crippen MR) is 32.1 cm³/mol. The lowest BCUT2D eigenvalue weighted by Crippen LogP contribution is -2.03. The predicted octanol–water partition coefficient (Wildman–Crippen LogP) is 0.977. The van der Waals surface area contributed by atoms with Crippen molar-refractivity contribution in [2.45, 2.75) is 20.8 Å². The molecule has 0 aromatic rings. The minimum atomic E-state index is 0.491. The van der Waals surface area contributed by atoms with Crippen LogP contribution in [0.25, 0.3) is 0 Å². The van der Waals surface area contributed by atoms with Gasteiger partial charge in [0.05, 0.1) is 0 Å². The van der Waals surface area contributed by atoms with Crippen molar-refractivity contribution in [2.75, 3.05) is 0 Å². The van der Waals surface area contributed by atoms with Crippen LogP contribution >= 0.6 is 0 Å². The largest absolute Gasteiger partial charge is 0.323 e. The lowest BCUT2D eigenvalue weighted by atomic mass is 10.1. The second-order valence-corrected chi connectivity index (χ2v) is 1.93. The Morgan fingerprint density at radius 1 is 1.57 bits per heavy atom. The van der Waals surface area contributed by atoms with Crippen LogP contribution < -0.4 is 5.84 Å².